The number of rotatable bonds is 0. The van der Waals surface area contributed by atoms with E-state index >= 15 is 0 Å². The molecule has 0 aromatic heterocycles. The molecule has 0 saturated carbocycles. The van der Waals surface area contributed by atoms with Crippen LogP contribution in [0.15, 0.2) is 11.1 Å². The summed E-state index contributed by atoms with van der Waals surface area (Å²) in [4.78, 5) is 10.4. The molecule has 0 radical (unpaired) electrons. The first-order valence-corrected chi connectivity index (χ1v) is 3.73. The molecule has 3 nitrogen and oxygen atoms in total. The predicted molar refractivity (Wildman–Crippen MR) is 37.9 cm³/mol. The zero-order valence-electron chi connectivity index (χ0n) is 6.64. The van der Waals surface area contributed by atoms with Crippen LogP contribution in [0, 0.1) is 0 Å². The van der Waals surface area contributed by atoms with Crippen molar-refractivity contribution in [1.82, 2.24) is 0 Å². The normalized spacial score (nSPS) is 26.5. The number of hydrogen-bond donors (Lipinski definition) is 0. The van der Waals surface area contributed by atoms with Crippen LogP contribution in [0.4, 0.5) is 4.79 Å². The molecule has 2 aliphatic rings. The molecule has 0 N–H and O–H groups in total. The minimum atomic E-state index is -0.652. The van der Waals surface area contributed by atoms with E-state index in [1.807, 2.05) is 13.8 Å². The molecule has 1 fully saturated rings. The van der Waals surface area contributed by atoms with E-state index in [0.29, 0.717) is 0 Å². The largest absolute Gasteiger partial charge is 0.515 e. The van der Waals surface area contributed by atoms with E-state index in [9.17, 15) is 4.79 Å². The van der Waals surface area contributed by atoms with Gasteiger partial charge in [0.25, 0.3) is 5.79 Å². The van der Waals surface area contributed by atoms with Crippen molar-refractivity contribution in [3.63, 3.8) is 0 Å². The fourth-order valence-electron chi connectivity index (χ4n) is 1.58. The lowest BCUT2D eigenvalue weighted by Crippen LogP contribution is -2.49. The summed E-state index contributed by atoms with van der Waals surface area (Å²) in [7, 11) is 0. The lowest BCUT2D eigenvalue weighted by atomic mass is 10.1. The molecule has 0 atom stereocenters. The topological polar surface area (TPSA) is 35.5 Å². The molecule has 0 aromatic carbocycles. The smallest absolute Gasteiger partial charge is 0.387 e. The molecular formula is C8H10O3. The van der Waals surface area contributed by atoms with Gasteiger partial charge in [0.05, 0.1) is 0 Å². The van der Waals surface area contributed by atoms with Gasteiger partial charge in [-0.05, 0) is 20.3 Å². The highest BCUT2D eigenvalue weighted by molar-refractivity contribution is 5.67. The van der Waals surface area contributed by atoms with E-state index in [0.717, 1.165) is 18.4 Å². The lowest BCUT2D eigenvalue weighted by Gasteiger charge is -2.37. The van der Waals surface area contributed by atoms with Crippen LogP contribution in [0.3, 0.4) is 0 Å². The van der Waals surface area contributed by atoms with Crippen LogP contribution in [0.5, 0.6) is 0 Å². The Morgan fingerprint density at radius 3 is 2.36 bits per heavy atom. The third-order valence-electron chi connectivity index (χ3n) is 2.54. The molecule has 1 saturated heterocycles. The monoisotopic (exact) mass is 154 g/mol. The van der Waals surface area contributed by atoms with Crippen LogP contribution in [0.25, 0.3) is 0 Å². The van der Waals surface area contributed by atoms with Gasteiger partial charge in [-0.15, -0.1) is 0 Å². The highest BCUT2D eigenvalue weighted by Crippen LogP contribution is 2.44. The first-order chi connectivity index (χ1) is 5.14. The molecule has 3 heteroatoms. The molecule has 11 heavy (non-hydrogen) atoms. The quantitative estimate of drug-likeness (QED) is 0.395. The van der Waals surface area contributed by atoms with Gasteiger partial charge in [0.15, 0.2) is 0 Å². The second kappa shape index (κ2) is 1.78. The van der Waals surface area contributed by atoms with Gasteiger partial charge in [-0.3, -0.25) is 0 Å². The van der Waals surface area contributed by atoms with Gasteiger partial charge in [0, 0.05) is 12.0 Å². The standard InChI is InChI=1S/C8H10O3/c1-5-3-4-8(6(5)2)10-7(9)11-8/h3-4H2,1-2H3. The Balaban J connectivity index is 2.25. The molecule has 1 aliphatic carbocycles. The maximum Gasteiger partial charge on any atom is 0.515 e. The summed E-state index contributed by atoms with van der Waals surface area (Å²) >= 11 is 0. The predicted octanol–water partition coefficient (Wildman–Crippen LogP) is 1.98. The van der Waals surface area contributed by atoms with E-state index in [2.05, 4.69) is 0 Å². The van der Waals surface area contributed by atoms with Gasteiger partial charge in [0.1, 0.15) is 0 Å². The average molecular weight is 154 g/mol. The van der Waals surface area contributed by atoms with Crippen molar-refractivity contribution in [3.05, 3.63) is 11.1 Å². The number of allylic oxidation sites excluding steroid dienone is 1. The zero-order chi connectivity index (χ0) is 8.06. The average Bonchev–Trinajstić information content (AvgIpc) is 2.16. The van der Waals surface area contributed by atoms with Gasteiger partial charge >= 0.3 is 6.16 Å². The van der Waals surface area contributed by atoms with E-state index in [1.165, 1.54) is 5.57 Å². The molecule has 0 bridgehead atoms. The molecule has 1 heterocycles. The van der Waals surface area contributed by atoms with Crippen molar-refractivity contribution in [3.8, 4) is 0 Å². The van der Waals surface area contributed by atoms with Crippen molar-refractivity contribution < 1.29 is 14.3 Å². The summed E-state index contributed by atoms with van der Waals surface area (Å²) in [5.41, 5.74) is 2.34. The Hall–Kier alpha value is -0.990. The first kappa shape index (κ1) is 6.70. The maximum atomic E-state index is 10.4. The number of carbonyl (C=O) groups excluding carboxylic acids is 1. The highest BCUT2D eigenvalue weighted by atomic mass is 16.9. The zero-order valence-corrected chi connectivity index (χ0v) is 6.64. The lowest BCUT2D eigenvalue weighted by molar-refractivity contribution is -0.245. The maximum absolute atomic E-state index is 10.4. The molecular weight excluding hydrogens is 144 g/mol. The summed E-state index contributed by atoms with van der Waals surface area (Å²) in [6.07, 6.45) is 1.22. The fourth-order valence-corrected chi connectivity index (χ4v) is 1.58. The van der Waals surface area contributed by atoms with Crippen molar-refractivity contribution in [2.24, 2.45) is 0 Å². The summed E-state index contributed by atoms with van der Waals surface area (Å²) < 4.78 is 9.90. The van der Waals surface area contributed by atoms with Crippen molar-refractivity contribution >= 4 is 6.16 Å². The van der Waals surface area contributed by atoms with Crippen LogP contribution in [-0.4, -0.2) is 11.9 Å². The Kier molecular flexibility index (Phi) is 1.09. The van der Waals surface area contributed by atoms with Gasteiger partial charge in [-0.25, -0.2) is 4.79 Å². The van der Waals surface area contributed by atoms with Gasteiger partial charge in [-0.1, -0.05) is 5.57 Å². The van der Waals surface area contributed by atoms with Crippen LogP contribution in [0.1, 0.15) is 26.7 Å². The second-order valence-corrected chi connectivity index (χ2v) is 3.11. The van der Waals surface area contributed by atoms with Crippen molar-refractivity contribution in [2.75, 3.05) is 0 Å². The number of ether oxygens (including phenoxy) is 2. The molecule has 1 spiro atoms. The molecule has 1 aliphatic heterocycles. The second-order valence-electron chi connectivity index (χ2n) is 3.11. The third kappa shape index (κ3) is 0.708. The van der Waals surface area contributed by atoms with Crippen molar-refractivity contribution in [1.29, 1.82) is 0 Å². The van der Waals surface area contributed by atoms with Gasteiger partial charge in [0.2, 0.25) is 0 Å². The Morgan fingerprint density at radius 2 is 2.00 bits per heavy atom. The third-order valence-corrected chi connectivity index (χ3v) is 2.54. The fraction of sp³-hybridized carbons (Fsp3) is 0.625. The van der Waals surface area contributed by atoms with Gasteiger partial charge < -0.3 is 9.47 Å². The summed E-state index contributed by atoms with van der Waals surface area (Å²) in [5, 5.41) is 0. The van der Waals surface area contributed by atoms with Gasteiger partial charge in [-0.2, -0.15) is 0 Å². The summed E-state index contributed by atoms with van der Waals surface area (Å²) in [5.74, 6) is -0.652. The van der Waals surface area contributed by atoms with E-state index in [1.54, 1.807) is 0 Å². The first-order valence-electron chi connectivity index (χ1n) is 3.73. The van der Waals surface area contributed by atoms with Crippen molar-refractivity contribution in [2.45, 2.75) is 32.5 Å². The van der Waals surface area contributed by atoms with Crippen LogP contribution in [-0.2, 0) is 9.47 Å². The Morgan fingerprint density at radius 1 is 1.36 bits per heavy atom. The van der Waals surface area contributed by atoms with E-state index < -0.39 is 11.9 Å². The van der Waals surface area contributed by atoms with Crippen LogP contribution < -0.4 is 0 Å². The Bertz CT molecular complexity index is 244. The molecule has 60 valence electrons. The van der Waals surface area contributed by atoms with E-state index in [4.69, 9.17) is 9.47 Å². The van der Waals surface area contributed by atoms with Crippen LogP contribution in [0.2, 0.25) is 0 Å². The summed E-state index contributed by atoms with van der Waals surface area (Å²) in [6.45, 7) is 3.99. The van der Waals surface area contributed by atoms with E-state index in [-0.39, 0.29) is 0 Å². The van der Waals surface area contributed by atoms with Crippen LogP contribution >= 0.6 is 0 Å². The SMILES string of the molecule is CC1=C(C)C2(CC1)OC(=O)O2. The number of hydrogen-bond acceptors (Lipinski definition) is 3. The Labute approximate surface area is 65.0 Å². The molecule has 0 aromatic rings. The number of carbonyl (C=O) groups is 1. The minimum absolute atomic E-state index is 0.543. The molecule has 2 rings (SSSR count). The molecule has 0 amide bonds. The highest BCUT2D eigenvalue weighted by Gasteiger charge is 2.53. The molecule has 0 unspecified atom stereocenters. The summed E-state index contributed by atoms with van der Waals surface area (Å²) in [6, 6.07) is 0. The minimum Gasteiger partial charge on any atom is -0.387 e.